The number of nitrogens with zero attached hydrogens (tertiary/aromatic N) is 1. The maximum Gasteiger partial charge on any atom is 0.338 e. The van der Waals surface area contributed by atoms with Crippen LogP contribution in [0.2, 0.25) is 0 Å². The first kappa shape index (κ1) is 20.8. The lowest BCUT2D eigenvalue weighted by molar-refractivity contribution is 0.0468. The van der Waals surface area contributed by atoms with Crippen LogP contribution in [0, 0.1) is 0 Å². The predicted molar refractivity (Wildman–Crippen MR) is 112 cm³/mol. The molecular weight excluding hydrogens is 390 g/mol. The molecule has 0 aliphatic heterocycles. The van der Waals surface area contributed by atoms with Gasteiger partial charge in [-0.05, 0) is 42.8 Å². The minimum Gasteiger partial charge on any atom is -0.493 e. The fraction of sp³-hybridized carbons (Fsp3) is 0.273. The van der Waals surface area contributed by atoms with Crippen LogP contribution >= 0.6 is 11.3 Å². The van der Waals surface area contributed by atoms with E-state index in [1.54, 1.807) is 26.4 Å². The zero-order valence-electron chi connectivity index (χ0n) is 16.6. The molecule has 0 aliphatic rings. The number of methoxy groups -OCH3 is 2. The second kappa shape index (κ2) is 10.0. The summed E-state index contributed by atoms with van der Waals surface area (Å²) in [6.07, 6.45) is 0. The number of carbonyl (C=O) groups excluding carboxylic acids is 1. The van der Waals surface area contributed by atoms with Gasteiger partial charge in [-0.3, -0.25) is 0 Å². The lowest BCUT2D eigenvalue weighted by Gasteiger charge is -2.09. The van der Waals surface area contributed by atoms with Gasteiger partial charge in [-0.25, -0.2) is 9.78 Å². The lowest BCUT2D eigenvalue weighted by Crippen LogP contribution is -2.05. The molecule has 0 saturated carbocycles. The molecule has 1 heterocycles. The van der Waals surface area contributed by atoms with Gasteiger partial charge < -0.3 is 18.9 Å². The van der Waals surface area contributed by atoms with Gasteiger partial charge in [0, 0.05) is 18.1 Å². The minimum absolute atomic E-state index is 0.114. The number of ether oxygens (including phenoxy) is 4. The molecule has 29 heavy (non-hydrogen) atoms. The highest BCUT2D eigenvalue weighted by molar-refractivity contribution is 7.13. The summed E-state index contributed by atoms with van der Waals surface area (Å²) in [7, 11) is 3.24. The Morgan fingerprint density at radius 2 is 1.83 bits per heavy atom. The van der Waals surface area contributed by atoms with E-state index in [0.29, 0.717) is 36.0 Å². The maximum atomic E-state index is 12.2. The van der Waals surface area contributed by atoms with Gasteiger partial charge in [0.1, 0.15) is 11.6 Å². The molecule has 7 heteroatoms. The summed E-state index contributed by atoms with van der Waals surface area (Å²) < 4.78 is 21.4. The Morgan fingerprint density at radius 1 is 1.03 bits per heavy atom. The minimum atomic E-state index is -0.383. The molecule has 0 aliphatic carbocycles. The van der Waals surface area contributed by atoms with E-state index in [0.717, 1.165) is 16.1 Å². The Morgan fingerprint density at radius 3 is 2.52 bits per heavy atom. The van der Waals surface area contributed by atoms with Crippen molar-refractivity contribution in [2.45, 2.75) is 20.1 Å². The third-order valence-corrected chi connectivity index (χ3v) is 5.05. The van der Waals surface area contributed by atoms with Crippen LogP contribution in [-0.2, 0) is 22.7 Å². The quantitative estimate of drug-likeness (QED) is 0.473. The van der Waals surface area contributed by atoms with Gasteiger partial charge in [0.25, 0.3) is 0 Å². The zero-order chi connectivity index (χ0) is 20.6. The Kier molecular flexibility index (Phi) is 7.21. The zero-order valence-corrected chi connectivity index (χ0v) is 17.5. The van der Waals surface area contributed by atoms with Gasteiger partial charge in [-0.1, -0.05) is 12.1 Å². The van der Waals surface area contributed by atoms with Crippen molar-refractivity contribution in [2.75, 3.05) is 20.8 Å². The highest BCUT2D eigenvalue weighted by Crippen LogP contribution is 2.33. The van der Waals surface area contributed by atoms with E-state index in [9.17, 15) is 4.79 Å². The van der Waals surface area contributed by atoms with E-state index in [-0.39, 0.29) is 12.6 Å². The van der Waals surface area contributed by atoms with Crippen LogP contribution < -0.4 is 9.47 Å². The predicted octanol–water partition coefficient (Wildman–Crippen LogP) is 4.72. The largest absolute Gasteiger partial charge is 0.493 e. The van der Waals surface area contributed by atoms with Crippen molar-refractivity contribution in [2.24, 2.45) is 0 Å². The van der Waals surface area contributed by atoms with Crippen LogP contribution in [-0.4, -0.2) is 31.8 Å². The molecule has 6 nitrogen and oxygen atoms in total. The number of carbonyl (C=O) groups is 1. The molecule has 0 atom stereocenters. The van der Waals surface area contributed by atoms with Crippen molar-refractivity contribution in [3.8, 4) is 22.1 Å². The monoisotopic (exact) mass is 413 g/mol. The van der Waals surface area contributed by atoms with E-state index in [1.165, 1.54) is 11.3 Å². The number of hydrogen-bond donors (Lipinski definition) is 0. The molecule has 152 valence electrons. The van der Waals surface area contributed by atoms with Crippen LogP contribution in [0.15, 0.2) is 47.8 Å². The molecule has 3 rings (SSSR count). The average Bonchev–Trinajstić information content (AvgIpc) is 3.22. The number of aromatic nitrogens is 1. The van der Waals surface area contributed by atoms with Crippen LogP contribution in [0.4, 0.5) is 0 Å². The van der Waals surface area contributed by atoms with Gasteiger partial charge >= 0.3 is 5.97 Å². The van der Waals surface area contributed by atoms with E-state index in [4.69, 9.17) is 18.9 Å². The van der Waals surface area contributed by atoms with Crippen molar-refractivity contribution in [1.29, 1.82) is 0 Å². The lowest BCUT2D eigenvalue weighted by atomic mass is 10.1. The number of rotatable bonds is 9. The molecule has 0 N–H and O–H groups in total. The molecule has 0 unspecified atom stereocenters. The third kappa shape index (κ3) is 5.34. The first-order chi connectivity index (χ1) is 14.1. The van der Waals surface area contributed by atoms with Gasteiger partial charge in [0.2, 0.25) is 0 Å². The average molecular weight is 413 g/mol. The fourth-order valence-electron chi connectivity index (χ4n) is 2.71. The topological polar surface area (TPSA) is 66.9 Å². The van der Waals surface area contributed by atoms with Crippen LogP contribution in [0.1, 0.15) is 28.5 Å². The van der Waals surface area contributed by atoms with E-state index >= 15 is 0 Å². The molecule has 2 aromatic carbocycles. The SMILES string of the molecule is CCOc1ccc(-c2nc(COC(=O)c3ccc(COC)cc3)cs2)cc1OC. The molecule has 0 saturated heterocycles. The number of thiazole rings is 1. The fourth-order valence-corrected chi connectivity index (χ4v) is 3.51. The molecule has 0 radical (unpaired) electrons. The summed E-state index contributed by atoms with van der Waals surface area (Å²) in [6.45, 7) is 3.11. The first-order valence-corrected chi connectivity index (χ1v) is 10.0. The highest BCUT2D eigenvalue weighted by atomic mass is 32.1. The van der Waals surface area contributed by atoms with Gasteiger partial charge in [0.05, 0.1) is 31.6 Å². The normalized spacial score (nSPS) is 10.6. The summed E-state index contributed by atoms with van der Waals surface area (Å²) in [5, 5.41) is 2.70. The van der Waals surface area contributed by atoms with Crippen LogP contribution in [0.5, 0.6) is 11.5 Å². The van der Waals surface area contributed by atoms with Gasteiger partial charge in [-0.2, -0.15) is 0 Å². The number of esters is 1. The Balaban J connectivity index is 1.63. The van der Waals surface area contributed by atoms with Gasteiger partial charge in [-0.15, -0.1) is 11.3 Å². The number of hydrogen-bond acceptors (Lipinski definition) is 7. The molecule has 0 amide bonds. The summed E-state index contributed by atoms with van der Waals surface area (Å²) in [6, 6.07) is 12.8. The molecule has 0 bridgehead atoms. The smallest absolute Gasteiger partial charge is 0.338 e. The Hall–Kier alpha value is -2.90. The summed E-state index contributed by atoms with van der Waals surface area (Å²) >= 11 is 1.48. The van der Waals surface area contributed by atoms with Crippen molar-refractivity contribution in [1.82, 2.24) is 4.98 Å². The number of benzene rings is 2. The van der Waals surface area contributed by atoms with Crippen molar-refractivity contribution < 1.29 is 23.7 Å². The standard InChI is InChI=1S/C22H23NO5S/c1-4-27-19-10-9-17(11-20(19)26-3)21-23-18(14-29-21)13-28-22(24)16-7-5-15(6-8-16)12-25-2/h5-11,14H,4,12-13H2,1-3H3. The van der Waals surface area contributed by atoms with Crippen molar-refractivity contribution >= 4 is 17.3 Å². The van der Waals surface area contributed by atoms with E-state index in [2.05, 4.69) is 4.98 Å². The van der Waals surface area contributed by atoms with Crippen LogP contribution in [0.3, 0.4) is 0 Å². The molecule has 0 spiro atoms. The van der Waals surface area contributed by atoms with Crippen molar-refractivity contribution in [3.05, 3.63) is 64.7 Å². The maximum absolute atomic E-state index is 12.2. The van der Waals surface area contributed by atoms with Gasteiger partial charge in [0.15, 0.2) is 11.5 Å². The van der Waals surface area contributed by atoms with E-state index < -0.39 is 0 Å². The molecule has 1 aromatic heterocycles. The molecular formula is C22H23NO5S. The second-order valence-corrected chi connectivity index (χ2v) is 7.01. The Labute approximate surface area is 174 Å². The highest BCUT2D eigenvalue weighted by Gasteiger charge is 2.12. The summed E-state index contributed by atoms with van der Waals surface area (Å²) in [5.41, 5.74) is 3.11. The summed E-state index contributed by atoms with van der Waals surface area (Å²) in [5.74, 6) is 0.969. The molecule has 0 fully saturated rings. The summed E-state index contributed by atoms with van der Waals surface area (Å²) in [4.78, 5) is 16.8. The first-order valence-electron chi connectivity index (χ1n) is 9.15. The van der Waals surface area contributed by atoms with E-state index in [1.807, 2.05) is 42.6 Å². The second-order valence-electron chi connectivity index (χ2n) is 6.15. The molecule has 3 aromatic rings. The third-order valence-electron chi connectivity index (χ3n) is 4.11. The Bertz CT molecular complexity index is 952. The van der Waals surface area contributed by atoms with Crippen LogP contribution in [0.25, 0.3) is 10.6 Å². The van der Waals surface area contributed by atoms with Crippen molar-refractivity contribution in [3.63, 3.8) is 0 Å².